The Hall–Kier alpha value is -4.45. The minimum Gasteiger partial charge on any atom is -0.444 e. The van der Waals surface area contributed by atoms with Crippen molar-refractivity contribution in [3.05, 3.63) is 108 Å². The quantitative estimate of drug-likeness (QED) is 0.150. The molecule has 3 aromatic rings. The molecule has 5 heterocycles. The first-order valence-corrected chi connectivity index (χ1v) is 32.5. The highest BCUT2D eigenvalue weighted by Crippen LogP contribution is 2.51. The molecule has 5 aliphatic heterocycles. The molecule has 0 aromatic heterocycles. The Morgan fingerprint density at radius 2 is 0.839 bits per heavy atom. The van der Waals surface area contributed by atoms with Crippen LogP contribution in [-0.2, 0) is 38.6 Å². The number of likely N-dealkylation sites (tertiary alicyclic amines) is 4. The van der Waals surface area contributed by atoms with Gasteiger partial charge in [-0.25, -0.2) is 9.59 Å². The number of aliphatic hydroxyl groups is 1. The summed E-state index contributed by atoms with van der Waals surface area (Å²) in [6.07, 6.45) is 21.2. The fourth-order valence-electron chi connectivity index (χ4n) is 13.7. The number of nitrogens with two attached hydrogens (primary N) is 2. The van der Waals surface area contributed by atoms with E-state index in [1.54, 1.807) is 4.90 Å². The number of piperidine rings is 4. The highest BCUT2D eigenvalue weighted by molar-refractivity contribution is 5.86. The maximum atomic E-state index is 12.1. The lowest BCUT2D eigenvalue weighted by Crippen LogP contribution is -2.54. The van der Waals surface area contributed by atoms with Crippen LogP contribution in [0.3, 0.4) is 0 Å². The SMILES string of the molecule is C.C.C1CCOC1.CC(C)(C)OC(=O)N1CCC2(CC1)CC(=O)C2.CC(C)(C)OC(=O)N1CCC2(CC1)CC(NCc1ccccc1)C2.CN1CCC2(CC1)CC(N)C2.CN1CCC2(CC1)CC(NCc1ccccc1)C2.CO.NCc1ccccc1. The molecule has 15 nitrogen and oxygen atoms in total. The molecule has 3 aromatic carbocycles. The van der Waals surface area contributed by atoms with E-state index < -0.39 is 11.2 Å². The number of nitrogens with zero attached hydrogens (tertiary/aromatic N) is 4. The number of hydrogen-bond acceptors (Lipinski definition) is 13. The third kappa shape index (κ3) is 25.4. The average Bonchev–Trinajstić information content (AvgIpc) is 1.25. The van der Waals surface area contributed by atoms with E-state index in [1.165, 1.54) is 120 Å². The summed E-state index contributed by atoms with van der Waals surface area (Å²) < 4.78 is 15.8. The van der Waals surface area contributed by atoms with Crippen molar-refractivity contribution < 1.29 is 33.7 Å². The van der Waals surface area contributed by atoms with Crippen molar-refractivity contribution in [3.8, 4) is 0 Å². The van der Waals surface area contributed by atoms with Gasteiger partial charge in [-0.05, 0) is 223 Å². The molecule has 15 heteroatoms. The van der Waals surface area contributed by atoms with Gasteiger partial charge in [0.2, 0.25) is 0 Å². The first-order valence-electron chi connectivity index (χ1n) is 32.5. The third-order valence-electron chi connectivity index (χ3n) is 19.1. The molecule has 87 heavy (non-hydrogen) atoms. The Morgan fingerprint density at radius 3 is 1.11 bits per heavy atom. The number of carbonyl (C=O) groups is 3. The number of aliphatic hydroxyl groups excluding tert-OH is 1. The molecule has 0 atom stereocenters. The number of hydrogen-bond donors (Lipinski definition) is 5. The molecule has 5 saturated heterocycles. The summed E-state index contributed by atoms with van der Waals surface area (Å²) >= 11 is 0. The zero-order valence-corrected chi connectivity index (χ0v) is 54.2. The van der Waals surface area contributed by atoms with E-state index in [1.807, 2.05) is 76.8 Å². The van der Waals surface area contributed by atoms with Crippen LogP contribution in [0.5, 0.6) is 0 Å². The third-order valence-corrected chi connectivity index (χ3v) is 19.1. The summed E-state index contributed by atoms with van der Waals surface area (Å²) in [5.74, 6) is 0.371. The number of ether oxygens (including phenoxy) is 3. The van der Waals surface area contributed by atoms with Crippen molar-refractivity contribution in [1.82, 2.24) is 30.2 Å². The minimum atomic E-state index is -0.432. The highest BCUT2D eigenvalue weighted by Gasteiger charge is 2.48. The van der Waals surface area contributed by atoms with Crippen molar-refractivity contribution in [2.75, 3.05) is 86.8 Å². The monoisotopic (exact) mass is 1210 g/mol. The van der Waals surface area contributed by atoms with Crippen LogP contribution in [0.25, 0.3) is 0 Å². The number of ketones is 1. The van der Waals surface area contributed by atoms with Crippen LogP contribution in [0, 0.1) is 21.7 Å². The average molecular weight is 1210 g/mol. The second-order valence-electron chi connectivity index (χ2n) is 28.6. The van der Waals surface area contributed by atoms with E-state index in [0.717, 1.165) is 104 Å². The summed E-state index contributed by atoms with van der Waals surface area (Å²) in [6.45, 7) is 24.3. The summed E-state index contributed by atoms with van der Waals surface area (Å²) in [4.78, 5) is 43.6. The Labute approximate surface area is 528 Å². The Balaban J connectivity index is 0.000000232. The van der Waals surface area contributed by atoms with Crippen molar-refractivity contribution in [3.63, 3.8) is 0 Å². The lowest BCUT2D eigenvalue weighted by atomic mass is 9.60. The van der Waals surface area contributed by atoms with E-state index in [2.05, 4.69) is 95.2 Å². The van der Waals surface area contributed by atoms with Gasteiger partial charge in [0.1, 0.15) is 17.0 Å². The largest absolute Gasteiger partial charge is 0.444 e. The van der Waals surface area contributed by atoms with Gasteiger partial charge in [0.25, 0.3) is 0 Å². The van der Waals surface area contributed by atoms with E-state index in [4.69, 9.17) is 30.8 Å². The fraction of sp³-hybridized carbons (Fsp3) is 0.708. The molecule has 4 aliphatic carbocycles. The maximum absolute atomic E-state index is 12.1. The number of rotatable bonds is 7. The van der Waals surface area contributed by atoms with E-state index in [9.17, 15) is 14.4 Å². The van der Waals surface area contributed by atoms with Gasteiger partial charge in [-0.3, -0.25) is 4.79 Å². The molecular weight excluding hydrogens is 1090 g/mol. The Bertz CT molecular complexity index is 2340. The van der Waals surface area contributed by atoms with Gasteiger partial charge < -0.3 is 61.0 Å². The van der Waals surface area contributed by atoms with Crippen molar-refractivity contribution in [2.45, 2.75) is 221 Å². The summed E-state index contributed by atoms with van der Waals surface area (Å²) in [5, 5.41) is 14.4. The predicted octanol–water partition coefficient (Wildman–Crippen LogP) is 12.6. The molecule has 4 spiro atoms. The zero-order valence-electron chi connectivity index (χ0n) is 54.2. The summed E-state index contributed by atoms with van der Waals surface area (Å²) in [7, 11) is 5.46. The molecule has 9 aliphatic rings. The minimum absolute atomic E-state index is 0. The van der Waals surface area contributed by atoms with Crippen LogP contribution in [0.4, 0.5) is 9.59 Å². The molecule has 9 fully saturated rings. The molecule has 0 unspecified atom stereocenters. The van der Waals surface area contributed by atoms with Crippen LogP contribution >= 0.6 is 0 Å². The number of carbonyl (C=O) groups excluding carboxylic acids is 3. The maximum Gasteiger partial charge on any atom is 0.410 e. The number of nitrogens with one attached hydrogen (secondary N) is 2. The van der Waals surface area contributed by atoms with Crippen LogP contribution in [0.1, 0.15) is 189 Å². The smallest absolute Gasteiger partial charge is 0.410 e. The first kappa shape index (κ1) is 75.0. The standard InChI is InChI=1S/C20H30N2O2.C16H24N2.C13H21NO3.C9H18N2.C7H9N.C4H8O.CH4O.2CH4/c1-19(2,3)24-18(23)22-11-9-20(10-12-22)13-17(14-20)21-15-16-7-5-4-6-8-16;1-18-9-7-16(8-10-18)11-15(12-16)17-13-14-5-3-2-4-6-14;1-12(2,3)17-11(16)14-6-4-13(5-7-14)8-10(15)9-13;1-11-4-2-9(3-5-11)6-8(10)7-9;8-6-7-4-2-1-3-5-7;1-2-4-5-3-1;1-2;;/h4-8,17,21H,9-15H2,1-3H3;2-6,15,17H,7-13H2,1H3;4-9H2,1-3H3;8H,2-7,10H2,1H3;1-5H,6,8H2;1-4H2;2H,1H3;2*1H4. The lowest BCUT2D eigenvalue weighted by Gasteiger charge is -2.52. The first-order chi connectivity index (χ1) is 40.5. The number of Topliss-reactive ketones (excluding diaryl/α,β-unsaturated/α-hetero) is 1. The van der Waals surface area contributed by atoms with Gasteiger partial charge in [-0.2, -0.15) is 0 Å². The van der Waals surface area contributed by atoms with Gasteiger partial charge in [0, 0.05) is 97.1 Å². The highest BCUT2D eigenvalue weighted by atomic mass is 16.6. The topological polar surface area (TPSA) is 188 Å². The van der Waals surface area contributed by atoms with E-state index in [0.29, 0.717) is 40.7 Å². The van der Waals surface area contributed by atoms with Crippen LogP contribution in [-0.4, -0.2) is 159 Å². The van der Waals surface area contributed by atoms with E-state index in [-0.39, 0.29) is 32.5 Å². The number of amides is 2. The molecule has 12 rings (SSSR count). The van der Waals surface area contributed by atoms with Gasteiger partial charge in [0.15, 0.2) is 0 Å². The van der Waals surface area contributed by atoms with Crippen LogP contribution in [0.15, 0.2) is 91.0 Å². The van der Waals surface area contributed by atoms with Gasteiger partial charge in [-0.15, -0.1) is 0 Å². The van der Waals surface area contributed by atoms with Crippen LogP contribution < -0.4 is 22.1 Å². The number of benzene rings is 3. The van der Waals surface area contributed by atoms with Crippen molar-refractivity contribution in [1.29, 1.82) is 0 Å². The van der Waals surface area contributed by atoms with Gasteiger partial charge in [-0.1, -0.05) is 106 Å². The molecule has 2 amide bonds. The van der Waals surface area contributed by atoms with Gasteiger partial charge in [0.05, 0.1) is 0 Å². The van der Waals surface area contributed by atoms with Crippen molar-refractivity contribution >= 4 is 18.0 Å². The molecule has 0 bridgehead atoms. The van der Waals surface area contributed by atoms with Crippen LogP contribution in [0.2, 0.25) is 0 Å². The molecule has 492 valence electrons. The Kier molecular flexibility index (Phi) is 30.9. The summed E-state index contributed by atoms with van der Waals surface area (Å²) in [5.41, 5.74) is 16.3. The molecule has 7 N–H and O–H groups in total. The van der Waals surface area contributed by atoms with E-state index >= 15 is 0 Å². The second-order valence-corrected chi connectivity index (χ2v) is 28.6. The molecule has 4 saturated carbocycles. The predicted molar refractivity (Wildman–Crippen MR) is 357 cm³/mol. The second kappa shape index (κ2) is 35.8. The molecular formula is C72H122N8O7. The zero-order chi connectivity index (χ0) is 61.6. The molecule has 0 radical (unpaired) electrons. The Morgan fingerprint density at radius 1 is 0.529 bits per heavy atom. The lowest BCUT2D eigenvalue weighted by molar-refractivity contribution is -0.135. The fourth-order valence-corrected chi connectivity index (χ4v) is 13.7. The summed E-state index contributed by atoms with van der Waals surface area (Å²) in [6, 6.07) is 33.2. The normalized spacial score (nSPS) is 21.6. The van der Waals surface area contributed by atoms with Crippen molar-refractivity contribution in [2.24, 2.45) is 33.1 Å². The van der Waals surface area contributed by atoms with Gasteiger partial charge >= 0.3 is 12.2 Å².